The molecule has 0 atom stereocenters. The van der Waals surface area contributed by atoms with E-state index >= 15 is 0 Å². The Kier molecular flexibility index (Phi) is 9.18. The molecule has 0 saturated carbocycles. The highest BCUT2D eigenvalue weighted by molar-refractivity contribution is 5.85. The quantitative estimate of drug-likeness (QED) is 0.764. The number of piperazine rings is 1. The summed E-state index contributed by atoms with van der Waals surface area (Å²) in [6.45, 7) is 2.97. The van der Waals surface area contributed by atoms with Crippen molar-refractivity contribution in [3.63, 3.8) is 0 Å². The topological polar surface area (TPSA) is 71.7 Å². The molecule has 0 radical (unpaired) electrons. The zero-order chi connectivity index (χ0) is 17.6. The van der Waals surface area contributed by atoms with E-state index in [1.54, 1.807) is 13.3 Å². The largest absolute Gasteiger partial charge is 0.497 e. The first kappa shape index (κ1) is 22.9. The number of halogens is 2. The number of pyridine rings is 1. The Morgan fingerprint density at radius 2 is 1.85 bits per heavy atom. The number of rotatable bonds is 5. The maximum absolute atomic E-state index is 12.5. The van der Waals surface area contributed by atoms with E-state index in [4.69, 9.17) is 10.5 Å². The fourth-order valence-corrected chi connectivity index (χ4v) is 3.05. The summed E-state index contributed by atoms with van der Waals surface area (Å²) in [6.07, 6.45) is 2.92. The third-order valence-electron chi connectivity index (χ3n) is 4.57. The second-order valence-corrected chi connectivity index (χ2v) is 6.12. The highest BCUT2D eigenvalue weighted by Crippen LogP contribution is 2.20. The summed E-state index contributed by atoms with van der Waals surface area (Å²) in [4.78, 5) is 21.0. The van der Waals surface area contributed by atoms with Gasteiger partial charge in [0, 0.05) is 50.6 Å². The zero-order valence-electron chi connectivity index (χ0n) is 15.3. The Balaban J connectivity index is 0.00000182. The Labute approximate surface area is 172 Å². The van der Waals surface area contributed by atoms with Crippen molar-refractivity contribution in [1.82, 2.24) is 9.88 Å². The minimum absolute atomic E-state index is 0. The number of nitrogen functional groups attached to an aromatic ring is 1. The number of ether oxygens (including phenoxy) is 1. The average molecular weight is 413 g/mol. The Hall–Kier alpha value is -2.18. The van der Waals surface area contributed by atoms with Gasteiger partial charge in [-0.3, -0.25) is 4.79 Å². The molecular formula is C19H26Cl2N4O2. The number of methoxy groups -OCH3 is 1. The van der Waals surface area contributed by atoms with Crippen LogP contribution >= 0.6 is 24.8 Å². The smallest absolute Gasteiger partial charge is 0.223 e. The van der Waals surface area contributed by atoms with Crippen LogP contribution in [-0.4, -0.2) is 49.1 Å². The van der Waals surface area contributed by atoms with Crippen LogP contribution in [-0.2, 0) is 11.2 Å². The number of para-hydroxylation sites is 1. The molecule has 0 aliphatic carbocycles. The van der Waals surface area contributed by atoms with Gasteiger partial charge in [-0.2, -0.15) is 0 Å². The van der Waals surface area contributed by atoms with E-state index in [0.29, 0.717) is 25.9 Å². The van der Waals surface area contributed by atoms with Gasteiger partial charge in [-0.05, 0) is 24.1 Å². The lowest BCUT2D eigenvalue weighted by Crippen LogP contribution is -2.49. The molecule has 0 bridgehead atoms. The second-order valence-electron chi connectivity index (χ2n) is 6.12. The number of aryl methyl sites for hydroxylation is 1. The molecule has 1 aromatic heterocycles. The molecule has 8 heteroatoms. The predicted octanol–water partition coefficient (Wildman–Crippen LogP) is 2.80. The summed E-state index contributed by atoms with van der Waals surface area (Å²) in [5.74, 6) is 1.87. The number of benzene rings is 1. The van der Waals surface area contributed by atoms with E-state index in [2.05, 4.69) is 9.88 Å². The predicted molar refractivity (Wildman–Crippen MR) is 113 cm³/mol. The van der Waals surface area contributed by atoms with Crippen molar-refractivity contribution in [1.29, 1.82) is 0 Å². The number of carbonyl (C=O) groups is 1. The van der Waals surface area contributed by atoms with Gasteiger partial charge >= 0.3 is 0 Å². The summed E-state index contributed by atoms with van der Waals surface area (Å²) < 4.78 is 5.25. The number of carbonyl (C=O) groups excluding carboxylic acids is 1. The van der Waals surface area contributed by atoms with Gasteiger partial charge in [0.1, 0.15) is 11.6 Å². The molecule has 1 saturated heterocycles. The highest BCUT2D eigenvalue weighted by Gasteiger charge is 2.22. The van der Waals surface area contributed by atoms with Crippen molar-refractivity contribution in [3.8, 4) is 5.75 Å². The van der Waals surface area contributed by atoms with Crippen molar-refractivity contribution >= 4 is 42.2 Å². The van der Waals surface area contributed by atoms with Crippen LogP contribution in [0.4, 0.5) is 11.5 Å². The average Bonchev–Trinajstić information content (AvgIpc) is 2.67. The number of hydrogen-bond acceptors (Lipinski definition) is 5. The molecule has 2 aromatic rings. The zero-order valence-corrected chi connectivity index (χ0v) is 17.0. The molecule has 1 aliphatic heterocycles. The summed E-state index contributed by atoms with van der Waals surface area (Å²) in [7, 11) is 1.65. The second kappa shape index (κ2) is 10.8. The number of anilines is 2. The molecule has 1 amide bonds. The Morgan fingerprint density at radius 1 is 1.15 bits per heavy atom. The van der Waals surface area contributed by atoms with Crippen LogP contribution in [0.2, 0.25) is 0 Å². The van der Waals surface area contributed by atoms with E-state index in [-0.39, 0.29) is 30.7 Å². The van der Waals surface area contributed by atoms with E-state index in [9.17, 15) is 4.79 Å². The molecule has 3 rings (SSSR count). The molecule has 27 heavy (non-hydrogen) atoms. The molecule has 2 N–H and O–H groups in total. The molecule has 148 valence electrons. The van der Waals surface area contributed by atoms with Crippen LogP contribution in [0.3, 0.4) is 0 Å². The van der Waals surface area contributed by atoms with Crippen molar-refractivity contribution in [2.45, 2.75) is 12.8 Å². The number of hydrogen-bond donors (Lipinski definition) is 1. The monoisotopic (exact) mass is 412 g/mol. The van der Waals surface area contributed by atoms with Crippen LogP contribution in [0.15, 0.2) is 42.6 Å². The molecule has 6 nitrogen and oxygen atoms in total. The maximum Gasteiger partial charge on any atom is 0.223 e. The highest BCUT2D eigenvalue weighted by atomic mass is 35.5. The third-order valence-corrected chi connectivity index (χ3v) is 4.57. The first-order chi connectivity index (χ1) is 12.2. The standard InChI is InChI=1S/C19H24N4O2.2ClH/c1-25-16-8-9-21-18(14-16)22-10-12-23(13-11-22)19(24)7-6-15-4-2-3-5-17(15)20;;/h2-5,8-9,14H,6-7,10-13,20H2,1H3;2*1H. The van der Waals surface area contributed by atoms with Gasteiger partial charge in [-0.25, -0.2) is 4.98 Å². The van der Waals surface area contributed by atoms with Crippen LogP contribution in [0.5, 0.6) is 5.75 Å². The SMILES string of the molecule is COc1ccnc(N2CCN(C(=O)CCc3ccccc3N)CC2)c1.Cl.Cl. The van der Waals surface area contributed by atoms with E-state index in [0.717, 1.165) is 35.9 Å². The van der Waals surface area contributed by atoms with Crippen LogP contribution < -0.4 is 15.4 Å². The Morgan fingerprint density at radius 3 is 2.52 bits per heavy atom. The van der Waals surface area contributed by atoms with Gasteiger partial charge in [0.05, 0.1) is 7.11 Å². The summed E-state index contributed by atoms with van der Waals surface area (Å²) >= 11 is 0. The molecule has 2 heterocycles. The molecule has 1 aromatic carbocycles. The van der Waals surface area contributed by atoms with Crippen LogP contribution in [0, 0.1) is 0 Å². The van der Waals surface area contributed by atoms with Crippen LogP contribution in [0.1, 0.15) is 12.0 Å². The van der Waals surface area contributed by atoms with Crippen molar-refractivity contribution in [2.24, 2.45) is 0 Å². The van der Waals surface area contributed by atoms with E-state index in [1.165, 1.54) is 0 Å². The normalized spacial score (nSPS) is 13.4. The summed E-state index contributed by atoms with van der Waals surface area (Å²) in [5.41, 5.74) is 7.73. The van der Waals surface area contributed by atoms with Crippen molar-refractivity contribution in [3.05, 3.63) is 48.2 Å². The molecular weight excluding hydrogens is 387 g/mol. The fraction of sp³-hybridized carbons (Fsp3) is 0.368. The number of aromatic nitrogens is 1. The molecule has 1 aliphatic rings. The third kappa shape index (κ3) is 5.91. The lowest BCUT2D eigenvalue weighted by atomic mass is 10.1. The van der Waals surface area contributed by atoms with Crippen LogP contribution in [0.25, 0.3) is 0 Å². The van der Waals surface area contributed by atoms with Crippen molar-refractivity contribution < 1.29 is 9.53 Å². The summed E-state index contributed by atoms with van der Waals surface area (Å²) in [5, 5.41) is 0. The first-order valence-electron chi connectivity index (χ1n) is 8.53. The maximum atomic E-state index is 12.5. The van der Waals surface area contributed by atoms with E-state index in [1.807, 2.05) is 41.3 Å². The van der Waals surface area contributed by atoms with Gasteiger partial charge in [0.25, 0.3) is 0 Å². The van der Waals surface area contributed by atoms with Gasteiger partial charge in [-0.1, -0.05) is 18.2 Å². The van der Waals surface area contributed by atoms with Gasteiger partial charge in [0.15, 0.2) is 0 Å². The lowest BCUT2D eigenvalue weighted by Gasteiger charge is -2.35. The molecule has 0 unspecified atom stereocenters. The van der Waals surface area contributed by atoms with E-state index < -0.39 is 0 Å². The minimum Gasteiger partial charge on any atom is -0.497 e. The minimum atomic E-state index is 0. The van der Waals surface area contributed by atoms with Gasteiger partial charge < -0.3 is 20.3 Å². The number of nitrogens with two attached hydrogens (primary N) is 1. The van der Waals surface area contributed by atoms with Gasteiger partial charge in [0.2, 0.25) is 5.91 Å². The lowest BCUT2D eigenvalue weighted by molar-refractivity contribution is -0.131. The summed E-state index contributed by atoms with van der Waals surface area (Å²) in [6, 6.07) is 11.5. The fourth-order valence-electron chi connectivity index (χ4n) is 3.05. The number of nitrogens with zero attached hydrogens (tertiary/aromatic N) is 3. The van der Waals surface area contributed by atoms with Gasteiger partial charge in [-0.15, -0.1) is 24.8 Å². The van der Waals surface area contributed by atoms with Crippen molar-refractivity contribution in [2.75, 3.05) is 43.9 Å². The molecule has 0 spiro atoms. The number of amides is 1. The molecule has 1 fully saturated rings. The first-order valence-corrected chi connectivity index (χ1v) is 8.53. The Bertz CT molecular complexity index is 737.